The van der Waals surface area contributed by atoms with Crippen LogP contribution in [0.1, 0.15) is 58.1 Å². The van der Waals surface area contributed by atoms with Crippen molar-refractivity contribution in [3.63, 3.8) is 0 Å². The van der Waals surface area contributed by atoms with Gasteiger partial charge in [0.25, 0.3) is 0 Å². The molecule has 0 aromatic heterocycles. The number of rotatable bonds is 6. The van der Waals surface area contributed by atoms with E-state index in [9.17, 15) is 4.79 Å². The molecule has 0 radical (unpaired) electrons. The van der Waals surface area contributed by atoms with E-state index in [1.807, 2.05) is 25.1 Å². The van der Waals surface area contributed by atoms with Crippen LogP contribution in [0, 0.1) is 5.92 Å². The molecule has 5 heteroatoms. The second-order valence-corrected chi connectivity index (χ2v) is 7.74. The number of halogens is 1. The van der Waals surface area contributed by atoms with Gasteiger partial charge in [-0.2, -0.15) is 0 Å². The summed E-state index contributed by atoms with van der Waals surface area (Å²) in [5.74, 6) is 1.47. The van der Waals surface area contributed by atoms with E-state index in [2.05, 4.69) is 40.4 Å². The highest BCUT2D eigenvalue weighted by Gasteiger charge is 2.25. The fourth-order valence-corrected chi connectivity index (χ4v) is 3.90. The van der Waals surface area contributed by atoms with Crippen molar-refractivity contribution in [3.8, 4) is 5.75 Å². The lowest BCUT2D eigenvalue weighted by atomic mass is 9.86. The molecule has 1 fully saturated rings. The third kappa shape index (κ3) is 4.96. The lowest BCUT2D eigenvalue weighted by molar-refractivity contribution is -0.124. The van der Waals surface area contributed by atoms with Crippen molar-refractivity contribution in [3.05, 3.63) is 28.2 Å². The zero-order valence-electron chi connectivity index (χ0n) is 15.1. The monoisotopic (exact) mass is 396 g/mol. The van der Waals surface area contributed by atoms with E-state index < -0.39 is 0 Å². The van der Waals surface area contributed by atoms with Crippen LogP contribution in [0.2, 0.25) is 0 Å². The number of amides is 1. The van der Waals surface area contributed by atoms with Gasteiger partial charge < -0.3 is 10.1 Å². The SMILES string of the molecule is COc1ccc(C(C)NC(C)C(=O)NC2CCCCC2C)cc1Br. The summed E-state index contributed by atoms with van der Waals surface area (Å²) in [5.41, 5.74) is 1.12. The second-order valence-electron chi connectivity index (χ2n) is 6.88. The predicted octanol–water partition coefficient (Wildman–Crippen LogP) is 4.19. The molecule has 1 aliphatic rings. The lowest BCUT2D eigenvalue weighted by Gasteiger charge is -2.31. The normalized spacial score (nSPS) is 23.4. The summed E-state index contributed by atoms with van der Waals surface area (Å²) in [6.45, 7) is 6.23. The Morgan fingerprint density at radius 3 is 2.62 bits per heavy atom. The van der Waals surface area contributed by atoms with Gasteiger partial charge in [0, 0.05) is 12.1 Å². The average Bonchev–Trinajstić information content (AvgIpc) is 2.56. The second kappa shape index (κ2) is 8.86. The molecule has 1 aromatic rings. The van der Waals surface area contributed by atoms with Crippen molar-refractivity contribution >= 4 is 21.8 Å². The molecule has 0 bridgehead atoms. The molecule has 1 aliphatic carbocycles. The van der Waals surface area contributed by atoms with E-state index in [-0.39, 0.29) is 18.0 Å². The molecule has 134 valence electrons. The average molecular weight is 397 g/mol. The zero-order chi connectivity index (χ0) is 17.7. The first-order chi connectivity index (χ1) is 11.4. The van der Waals surface area contributed by atoms with Crippen LogP contribution in [0.4, 0.5) is 0 Å². The van der Waals surface area contributed by atoms with Gasteiger partial charge in [0.05, 0.1) is 17.6 Å². The molecule has 4 atom stereocenters. The van der Waals surface area contributed by atoms with Crippen molar-refractivity contribution in [2.45, 2.75) is 64.6 Å². The molecule has 0 spiro atoms. The van der Waals surface area contributed by atoms with E-state index in [1.54, 1.807) is 7.11 Å². The molecule has 4 nitrogen and oxygen atoms in total. The Morgan fingerprint density at radius 1 is 1.29 bits per heavy atom. The Bertz CT molecular complexity index is 564. The first-order valence-corrected chi connectivity index (χ1v) is 9.61. The fraction of sp³-hybridized carbons (Fsp3) is 0.632. The number of carbonyl (C=O) groups is 1. The third-order valence-electron chi connectivity index (χ3n) is 5.01. The molecule has 2 rings (SSSR count). The molecule has 24 heavy (non-hydrogen) atoms. The highest BCUT2D eigenvalue weighted by molar-refractivity contribution is 9.10. The Morgan fingerprint density at radius 2 is 2.00 bits per heavy atom. The molecule has 1 aromatic carbocycles. The van der Waals surface area contributed by atoms with Gasteiger partial charge in [0.1, 0.15) is 5.75 Å². The number of hydrogen-bond donors (Lipinski definition) is 2. The minimum absolute atomic E-state index is 0.0803. The summed E-state index contributed by atoms with van der Waals surface area (Å²) in [5, 5.41) is 6.62. The summed E-state index contributed by atoms with van der Waals surface area (Å²) in [7, 11) is 1.65. The van der Waals surface area contributed by atoms with Crippen molar-refractivity contribution < 1.29 is 9.53 Å². The Labute approximate surface area is 153 Å². The molecular weight excluding hydrogens is 368 g/mol. The van der Waals surface area contributed by atoms with Crippen LogP contribution >= 0.6 is 15.9 Å². The van der Waals surface area contributed by atoms with Gasteiger partial charge in [0.2, 0.25) is 5.91 Å². The molecular formula is C19H29BrN2O2. The third-order valence-corrected chi connectivity index (χ3v) is 5.63. The number of ether oxygens (including phenoxy) is 1. The molecule has 4 unspecified atom stereocenters. The van der Waals surface area contributed by atoms with E-state index in [0.717, 1.165) is 22.2 Å². The van der Waals surface area contributed by atoms with E-state index in [1.165, 1.54) is 19.3 Å². The predicted molar refractivity (Wildman–Crippen MR) is 101 cm³/mol. The first kappa shape index (κ1) is 19.3. The minimum atomic E-state index is -0.227. The maximum absolute atomic E-state index is 12.5. The summed E-state index contributed by atoms with van der Waals surface area (Å²) >= 11 is 3.51. The van der Waals surface area contributed by atoms with Crippen LogP contribution in [0.25, 0.3) is 0 Å². The van der Waals surface area contributed by atoms with Gasteiger partial charge in [-0.15, -0.1) is 0 Å². The Hall–Kier alpha value is -1.07. The van der Waals surface area contributed by atoms with E-state index in [4.69, 9.17) is 4.74 Å². The van der Waals surface area contributed by atoms with Crippen molar-refractivity contribution in [2.75, 3.05) is 7.11 Å². The maximum Gasteiger partial charge on any atom is 0.237 e. The number of methoxy groups -OCH3 is 1. The molecule has 0 heterocycles. The van der Waals surface area contributed by atoms with Crippen LogP contribution in [0.3, 0.4) is 0 Å². The summed E-state index contributed by atoms with van der Waals surface area (Å²) in [6, 6.07) is 6.17. The highest BCUT2D eigenvalue weighted by atomic mass is 79.9. The zero-order valence-corrected chi connectivity index (χ0v) is 16.7. The van der Waals surface area contributed by atoms with Crippen molar-refractivity contribution in [1.29, 1.82) is 0 Å². The van der Waals surface area contributed by atoms with Gasteiger partial charge in [-0.1, -0.05) is 25.8 Å². The van der Waals surface area contributed by atoms with Gasteiger partial charge in [-0.3, -0.25) is 10.1 Å². The smallest absolute Gasteiger partial charge is 0.237 e. The number of nitrogens with one attached hydrogen (secondary N) is 2. The van der Waals surface area contributed by atoms with Gasteiger partial charge in [-0.05, 0) is 66.2 Å². The van der Waals surface area contributed by atoms with E-state index >= 15 is 0 Å². The van der Waals surface area contributed by atoms with Crippen LogP contribution < -0.4 is 15.4 Å². The Kier molecular flexibility index (Phi) is 7.11. The summed E-state index contributed by atoms with van der Waals surface area (Å²) < 4.78 is 6.18. The fourth-order valence-electron chi connectivity index (χ4n) is 3.34. The number of carbonyl (C=O) groups excluding carboxylic acids is 1. The van der Waals surface area contributed by atoms with Crippen molar-refractivity contribution in [2.24, 2.45) is 5.92 Å². The standard InChI is InChI=1S/C19H29BrN2O2/c1-12-7-5-6-8-17(12)22-19(23)14(3)21-13(2)15-9-10-18(24-4)16(20)11-15/h9-14,17,21H,5-8H2,1-4H3,(H,22,23). The summed E-state index contributed by atoms with van der Waals surface area (Å²) in [4.78, 5) is 12.5. The van der Waals surface area contributed by atoms with Gasteiger partial charge >= 0.3 is 0 Å². The summed E-state index contributed by atoms with van der Waals surface area (Å²) in [6.07, 6.45) is 4.81. The van der Waals surface area contributed by atoms with Crippen molar-refractivity contribution in [1.82, 2.24) is 10.6 Å². The van der Waals surface area contributed by atoms with Crippen LogP contribution in [0.15, 0.2) is 22.7 Å². The van der Waals surface area contributed by atoms with Gasteiger partial charge in [0.15, 0.2) is 0 Å². The largest absolute Gasteiger partial charge is 0.496 e. The van der Waals surface area contributed by atoms with Crippen LogP contribution in [0.5, 0.6) is 5.75 Å². The lowest BCUT2D eigenvalue weighted by Crippen LogP contribution is -2.49. The van der Waals surface area contributed by atoms with Gasteiger partial charge in [-0.25, -0.2) is 0 Å². The quantitative estimate of drug-likeness (QED) is 0.757. The number of hydrogen-bond acceptors (Lipinski definition) is 3. The first-order valence-electron chi connectivity index (χ1n) is 8.82. The topological polar surface area (TPSA) is 50.4 Å². The van der Waals surface area contributed by atoms with E-state index in [0.29, 0.717) is 12.0 Å². The number of benzene rings is 1. The highest BCUT2D eigenvalue weighted by Crippen LogP contribution is 2.28. The minimum Gasteiger partial charge on any atom is -0.496 e. The molecule has 0 aliphatic heterocycles. The van der Waals surface area contributed by atoms with Crippen LogP contribution in [-0.4, -0.2) is 25.1 Å². The van der Waals surface area contributed by atoms with Crippen LogP contribution in [-0.2, 0) is 4.79 Å². The molecule has 0 saturated heterocycles. The molecule has 1 saturated carbocycles. The molecule has 2 N–H and O–H groups in total. The Balaban J connectivity index is 1.91. The molecule has 1 amide bonds. The maximum atomic E-state index is 12.5.